The standard InChI is InChI=1S/C19H34N8O8/c20-6-2-1-3-10(17(32)26-11(19(34)35)4-5-13(22)28)25-18(33)12(8-15(24)30)27-16(31)9(21)7-14(23)29/h9-12H,1-8,20-21H2,(H2,22,28)(H2,23,29)(H2,24,30)(H,25,33)(H,26,32)(H,27,31)(H,34,35). The number of unbranched alkanes of at least 4 members (excludes halogenated alkanes) is 1. The van der Waals surface area contributed by atoms with Crippen LogP contribution in [0.15, 0.2) is 0 Å². The molecule has 0 rings (SSSR count). The van der Waals surface area contributed by atoms with Gasteiger partial charge in [0.15, 0.2) is 0 Å². The van der Waals surface area contributed by atoms with Crippen molar-refractivity contribution in [2.75, 3.05) is 6.54 Å². The molecule has 0 aromatic heterocycles. The minimum Gasteiger partial charge on any atom is -0.480 e. The largest absolute Gasteiger partial charge is 0.480 e. The molecule has 0 saturated heterocycles. The minimum atomic E-state index is -1.55. The fourth-order valence-electron chi connectivity index (χ4n) is 2.85. The molecule has 0 radical (unpaired) electrons. The lowest BCUT2D eigenvalue weighted by Gasteiger charge is -2.24. The molecule has 16 nitrogen and oxygen atoms in total. The summed E-state index contributed by atoms with van der Waals surface area (Å²) in [5, 5.41) is 16.0. The minimum absolute atomic E-state index is 0.0371. The first-order chi connectivity index (χ1) is 16.3. The monoisotopic (exact) mass is 502 g/mol. The van der Waals surface area contributed by atoms with Gasteiger partial charge in [-0.25, -0.2) is 4.79 Å². The van der Waals surface area contributed by atoms with E-state index in [2.05, 4.69) is 16.0 Å². The molecule has 0 fully saturated rings. The fourth-order valence-corrected chi connectivity index (χ4v) is 2.85. The van der Waals surface area contributed by atoms with Gasteiger partial charge in [0, 0.05) is 6.42 Å². The third kappa shape index (κ3) is 13.5. The summed E-state index contributed by atoms with van der Waals surface area (Å²) in [5.41, 5.74) is 26.1. The molecule has 6 amide bonds. The Labute approximate surface area is 201 Å². The van der Waals surface area contributed by atoms with E-state index in [1.165, 1.54) is 0 Å². The van der Waals surface area contributed by atoms with E-state index in [4.69, 9.17) is 28.7 Å². The van der Waals surface area contributed by atoms with Crippen LogP contribution in [0.5, 0.6) is 0 Å². The van der Waals surface area contributed by atoms with E-state index >= 15 is 0 Å². The molecular weight excluding hydrogens is 468 g/mol. The summed E-state index contributed by atoms with van der Waals surface area (Å²) >= 11 is 0. The second-order valence-electron chi connectivity index (χ2n) is 7.76. The number of carboxylic acid groups (broad SMARTS) is 1. The number of aliphatic carboxylic acids is 1. The van der Waals surface area contributed by atoms with Gasteiger partial charge in [-0.05, 0) is 32.2 Å². The van der Waals surface area contributed by atoms with Crippen molar-refractivity contribution in [1.29, 1.82) is 0 Å². The molecule has 0 heterocycles. The van der Waals surface area contributed by atoms with Crippen LogP contribution < -0.4 is 44.6 Å². The van der Waals surface area contributed by atoms with E-state index in [0.717, 1.165) is 0 Å². The summed E-state index contributed by atoms with van der Waals surface area (Å²) in [7, 11) is 0. The van der Waals surface area contributed by atoms with Crippen LogP contribution in [-0.2, 0) is 33.6 Å². The molecule has 0 aromatic carbocycles. The molecule has 35 heavy (non-hydrogen) atoms. The molecule has 16 heteroatoms. The SMILES string of the molecule is NCCCCC(NC(=O)C(CC(N)=O)NC(=O)C(N)CC(N)=O)C(=O)NC(CCC(N)=O)C(=O)O. The highest BCUT2D eigenvalue weighted by Gasteiger charge is 2.31. The van der Waals surface area contributed by atoms with Crippen molar-refractivity contribution in [3.05, 3.63) is 0 Å². The molecule has 4 atom stereocenters. The summed E-state index contributed by atoms with van der Waals surface area (Å²) in [4.78, 5) is 82.5. The van der Waals surface area contributed by atoms with Gasteiger partial charge in [-0.15, -0.1) is 0 Å². The quantitative estimate of drug-likeness (QED) is 0.0803. The van der Waals surface area contributed by atoms with Gasteiger partial charge in [0.2, 0.25) is 35.4 Å². The van der Waals surface area contributed by atoms with Crippen LogP contribution in [0, 0.1) is 0 Å². The second-order valence-corrected chi connectivity index (χ2v) is 7.76. The summed E-state index contributed by atoms with van der Waals surface area (Å²) in [6.07, 6.45) is -0.887. The Morgan fingerprint density at radius 3 is 1.66 bits per heavy atom. The molecule has 0 bridgehead atoms. The van der Waals surface area contributed by atoms with E-state index in [1.54, 1.807) is 0 Å². The molecule has 0 aliphatic heterocycles. The predicted molar refractivity (Wildman–Crippen MR) is 120 cm³/mol. The average Bonchev–Trinajstić information content (AvgIpc) is 2.73. The number of rotatable bonds is 18. The molecular formula is C19H34N8O8. The molecule has 0 aliphatic carbocycles. The van der Waals surface area contributed by atoms with Crippen LogP contribution in [-0.4, -0.2) is 77.2 Å². The Morgan fingerprint density at radius 2 is 1.17 bits per heavy atom. The van der Waals surface area contributed by atoms with Gasteiger partial charge in [-0.3, -0.25) is 28.8 Å². The van der Waals surface area contributed by atoms with Crippen LogP contribution in [0.25, 0.3) is 0 Å². The molecule has 198 valence electrons. The Balaban J connectivity index is 5.56. The van der Waals surface area contributed by atoms with Gasteiger partial charge < -0.3 is 49.7 Å². The highest BCUT2D eigenvalue weighted by Crippen LogP contribution is 2.06. The van der Waals surface area contributed by atoms with E-state index < -0.39 is 78.4 Å². The lowest BCUT2D eigenvalue weighted by Crippen LogP contribution is -2.58. The summed E-state index contributed by atoms with van der Waals surface area (Å²) < 4.78 is 0. The van der Waals surface area contributed by atoms with Crippen molar-refractivity contribution in [3.63, 3.8) is 0 Å². The van der Waals surface area contributed by atoms with E-state index in [9.17, 15) is 38.7 Å². The zero-order chi connectivity index (χ0) is 27.1. The smallest absolute Gasteiger partial charge is 0.326 e. The average molecular weight is 503 g/mol. The topological polar surface area (TPSA) is 306 Å². The Morgan fingerprint density at radius 1 is 0.657 bits per heavy atom. The third-order valence-electron chi connectivity index (χ3n) is 4.67. The number of hydrogen-bond donors (Lipinski definition) is 9. The van der Waals surface area contributed by atoms with Crippen LogP contribution in [0.1, 0.15) is 44.9 Å². The molecule has 0 aromatic rings. The molecule has 4 unspecified atom stereocenters. The highest BCUT2D eigenvalue weighted by atomic mass is 16.4. The van der Waals surface area contributed by atoms with Crippen LogP contribution in [0.3, 0.4) is 0 Å². The second kappa shape index (κ2) is 15.9. The predicted octanol–water partition coefficient (Wildman–Crippen LogP) is -5.00. The number of primary amides is 3. The number of amides is 6. The zero-order valence-corrected chi connectivity index (χ0v) is 19.2. The van der Waals surface area contributed by atoms with Gasteiger partial charge in [0.05, 0.1) is 18.9 Å². The van der Waals surface area contributed by atoms with Crippen molar-refractivity contribution < 1.29 is 38.7 Å². The number of carbonyl (C=O) groups excluding carboxylic acids is 6. The lowest BCUT2D eigenvalue weighted by atomic mass is 10.0. The molecule has 0 spiro atoms. The maximum absolute atomic E-state index is 12.8. The highest BCUT2D eigenvalue weighted by molar-refractivity contribution is 5.96. The maximum atomic E-state index is 12.8. The van der Waals surface area contributed by atoms with Gasteiger partial charge >= 0.3 is 5.97 Å². The maximum Gasteiger partial charge on any atom is 0.326 e. The van der Waals surface area contributed by atoms with Crippen LogP contribution >= 0.6 is 0 Å². The first kappa shape index (κ1) is 31.2. The zero-order valence-electron chi connectivity index (χ0n) is 19.2. The van der Waals surface area contributed by atoms with Gasteiger partial charge in [-0.1, -0.05) is 0 Å². The number of hydrogen-bond acceptors (Lipinski definition) is 9. The van der Waals surface area contributed by atoms with Crippen molar-refractivity contribution in [2.45, 2.75) is 69.1 Å². The van der Waals surface area contributed by atoms with E-state index in [-0.39, 0.29) is 25.8 Å². The van der Waals surface area contributed by atoms with Crippen molar-refractivity contribution >= 4 is 41.4 Å². The van der Waals surface area contributed by atoms with E-state index in [0.29, 0.717) is 12.8 Å². The van der Waals surface area contributed by atoms with Crippen LogP contribution in [0.4, 0.5) is 0 Å². The summed E-state index contributed by atoms with van der Waals surface area (Å²) in [5.74, 6) is -6.86. The van der Waals surface area contributed by atoms with E-state index in [1.807, 2.05) is 0 Å². The molecule has 0 saturated carbocycles. The number of nitrogens with one attached hydrogen (secondary N) is 3. The molecule has 14 N–H and O–H groups in total. The van der Waals surface area contributed by atoms with Gasteiger partial charge in [0.25, 0.3) is 0 Å². The third-order valence-corrected chi connectivity index (χ3v) is 4.67. The first-order valence-electron chi connectivity index (χ1n) is 10.7. The number of nitrogens with two attached hydrogens (primary N) is 5. The lowest BCUT2D eigenvalue weighted by molar-refractivity contribution is -0.142. The summed E-state index contributed by atoms with van der Waals surface area (Å²) in [6, 6.07) is -5.69. The Bertz CT molecular complexity index is 806. The molecule has 0 aliphatic rings. The van der Waals surface area contributed by atoms with Crippen molar-refractivity contribution in [2.24, 2.45) is 28.7 Å². The van der Waals surface area contributed by atoms with Crippen molar-refractivity contribution in [1.82, 2.24) is 16.0 Å². The Kier molecular flexibility index (Phi) is 14.2. The van der Waals surface area contributed by atoms with Crippen LogP contribution in [0.2, 0.25) is 0 Å². The van der Waals surface area contributed by atoms with Gasteiger partial charge in [0.1, 0.15) is 18.1 Å². The van der Waals surface area contributed by atoms with Gasteiger partial charge in [-0.2, -0.15) is 0 Å². The Hall–Kier alpha value is -3.79. The number of carboxylic acids is 1. The van der Waals surface area contributed by atoms with Crippen molar-refractivity contribution in [3.8, 4) is 0 Å². The first-order valence-corrected chi connectivity index (χ1v) is 10.7. The summed E-state index contributed by atoms with van der Waals surface area (Å²) in [6.45, 7) is 0.288. The normalized spacial score (nSPS) is 14.0. The number of carbonyl (C=O) groups is 7. The fraction of sp³-hybridized carbons (Fsp3) is 0.632.